The largest absolute Gasteiger partial charge is 0.465 e. The van der Waals surface area contributed by atoms with Gasteiger partial charge >= 0.3 is 5.97 Å². The van der Waals surface area contributed by atoms with Crippen molar-refractivity contribution in [2.75, 3.05) is 6.61 Å². The van der Waals surface area contributed by atoms with Crippen molar-refractivity contribution in [3.05, 3.63) is 24.0 Å². The molecular weight excluding hydrogens is 314 g/mol. The van der Waals surface area contributed by atoms with Crippen LogP contribution in [-0.2, 0) is 16.1 Å². The minimum atomic E-state index is -0.179. The molecule has 0 aliphatic rings. The molecule has 0 fully saturated rings. The Morgan fingerprint density at radius 2 is 1.96 bits per heavy atom. The van der Waals surface area contributed by atoms with Crippen molar-refractivity contribution in [2.24, 2.45) is 5.92 Å². The highest BCUT2D eigenvalue weighted by Gasteiger charge is 2.12. The van der Waals surface area contributed by atoms with E-state index in [1.165, 1.54) is 19.3 Å². The van der Waals surface area contributed by atoms with Gasteiger partial charge < -0.3 is 4.74 Å². The Bertz CT molecular complexity index is 549. The zero-order valence-electron chi connectivity index (χ0n) is 16.0. The summed E-state index contributed by atoms with van der Waals surface area (Å²) in [5.74, 6) is 0.304. The van der Waals surface area contributed by atoms with Crippen LogP contribution in [0.1, 0.15) is 77.1 Å². The molecule has 0 spiro atoms. The maximum absolute atomic E-state index is 12.0. The number of aromatic nitrogens is 3. The molecule has 0 saturated heterocycles. The van der Waals surface area contributed by atoms with E-state index < -0.39 is 0 Å². The summed E-state index contributed by atoms with van der Waals surface area (Å²) in [5, 5.41) is 8.68. The van der Waals surface area contributed by atoms with E-state index in [4.69, 9.17) is 4.74 Å². The number of esters is 1. The Hall–Kier alpha value is -1.91. The number of allylic oxidation sites excluding steroid dienone is 1. The number of carbonyl (C=O) groups excluding carboxylic acids is 1. The molecule has 25 heavy (non-hydrogen) atoms. The van der Waals surface area contributed by atoms with Crippen LogP contribution < -0.4 is 0 Å². The molecule has 1 aromatic heterocycles. The monoisotopic (exact) mass is 347 g/mol. The van der Waals surface area contributed by atoms with Crippen LogP contribution in [0.5, 0.6) is 0 Å². The van der Waals surface area contributed by atoms with Crippen molar-refractivity contribution >= 4 is 18.1 Å². The zero-order chi connectivity index (χ0) is 18.5. The van der Waals surface area contributed by atoms with E-state index in [0.717, 1.165) is 30.7 Å². The van der Waals surface area contributed by atoms with Crippen molar-refractivity contribution in [2.45, 2.75) is 72.3 Å². The second-order valence-corrected chi connectivity index (χ2v) is 6.35. The first kappa shape index (κ1) is 21.1. The van der Waals surface area contributed by atoms with E-state index in [2.05, 4.69) is 30.6 Å². The van der Waals surface area contributed by atoms with Gasteiger partial charge in [0.05, 0.1) is 19.6 Å². The van der Waals surface area contributed by atoms with Gasteiger partial charge in [-0.2, -0.15) is 15.0 Å². The number of hydrogen-bond donors (Lipinski definition) is 0. The van der Waals surface area contributed by atoms with E-state index in [-0.39, 0.29) is 12.4 Å². The number of hydrogen-bond acceptors (Lipinski definition) is 4. The molecule has 1 unspecified atom stereocenters. The quantitative estimate of drug-likeness (QED) is 0.377. The molecule has 5 heteroatoms. The molecule has 1 aromatic rings. The van der Waals surface area contributed by atoms with Crippen LogP contribution in [0.3, 0.4) is 0 Å². The van der Waals surface area contributed by atoms with Crippen LogP contribution in [0.25, 0.3) is 12.2 Å². The van der Waals surface area contributed by atoms with E-state index >= 15 is 0 Å². The molecule has 140 valence electrons. The molecule has 0 aliphatic carbocycles. The number of ether oxygens (including phenoxy) is 1. The third kappa shape index (κ3) is 8.14. The highest BCUT2D eigenvalue weighted by atomic mass is 16.5. The van der Waals surface area contributed by atoms with Gasteiger partial charge in [0, 0.05) is 0 Å². The third-order valence-electron chi connectivity index (χ3n) is 4.14. The van der Waals surface area contributed by atoms with Crippen molar-refractivity contribution in [3.63, 3.8) is 0 Å². The first-order chi connectivity index (χ1) is 12.1. The van der Waals surface area contributed by atoms with Gasteiger partial charge in [-0.25, -0.2) is 0 Å². The second-order valence-electron chi connectivity index (χ2n) is 6.35. The second kappa shape index (κ2) is 12.5. The molecule has 0 radical (unpaired) electrons. The lowest BCUT2D eigenvalue weighted by Gasteiger charge is -2.16. The Balaban J connectivity index is 2.41. The highest BCUT2D eigenvalue weighted by Crippen LogP contribution is 2.16. The molecule has 0 aromatic carbocycles. The van der Waals surface area contributed by atoms with Crippen LogP contribution in [0.4, 0.5) is 0 Å². The van der Waals surface area contributed by atoms with Crippen molar-refractivity contribution in [1.82, 2.24) is 15.0 Å². The van der Waals surface area contributed by atoms with Gasteiger partial charge in [0.25, 0.3) is 0 Å². The average molecular weight is 348 g/mol. The molecule has 1 rings (SSSR count). The normalized spacial score (nSPS) is 12.4. The minimum Gasteiger partial charge on any atom is -0.465 e. The Morgan fingerprint density at radius 3 is 2.60 bits per heavy atom. The van der Waals surface area contributed by atoms with Gasteiger partial charge in [0.1, 0.15) is 11.4 Å². The molecule has 0 saturated carbocycles. The molecule has 0 amide bonds. The van der Waals surface area contributed by atoms with Crippen LogP contribution in [0.2, 0.25) is 0 Å². The number of rotatable bonds is 13. The maximum atomic E-state index is 12.0. The third-order valence-corrected chi connectivity index (χ3v) is 4.14. The molecule has 1 atom stereocenters. The fraction of sp³-hybridized carbons (Fsp3) is 0.650. The van der Waals surface area contributed by atoms with Crippen molar-refractivity contribution in [3.8, 4) is 0 Å². The molecule has 1 heterocycles. The summed E-state index contributed by atoms with van der Waals surface area (Å²) >= 11 is 0. The van der Waals surface area contributed by atoms with Gasteiger partial charge in [-0.05, 0) is 37.8 Å². The standard InChI is InChI=1S/C20H33N3O2/c1-5-9-10-13-17(11-6-2)16-25-20(24)14-15-23-21-18(8-4)19(22-23)12-7-3/h7-8,12,17H,4-6,9-11,13-16H2,1-3H3/b12-7-. The van der Waals surface area contributed by atoms with Crippen molar-refractivity contribution in [1.29, 1.82) is 0 Å². The maximum Gasteiger partial charge on any atom is 0.307 e. The SMILES string of the molecule is C=Cc1nn(CCC(=O)OCC(CCC)CCCCC)nc1/C=C\C. The summed E-state index contributed by atoms with van der Waals surface area (Å²) in [6.45, 7) is 11.0. The Morgan fingerprint density at radius 1 is 1.20 bits per heavy atom. The molecule has 5 nitrogen and oxygen atoms in total. The van der Waals surface area contributed by atoms with E-state index in [1.807, 2.05) is 19.1 Å². The number of unbranched alkanes of at least 4 members (excludes halogenated alkanes) is 2. The summed E-state index contributed by atoms with van der Waals surface area (Å²) in [7, 11) is 0. The topological polar surface area (TPSA) is 57.0 Å². The van der Waals surface area contributed by atoms with Crippen molar-refractivity contribution < 1.29 is 9.53 Å². The lowest BCUT2D eigenvalue weighted by molar-refractivity contribution is -0.145. The van der Waals surface area contributed by atoms with Gasteiger partial charge in [0.15, 0.2) is 0 Å². The predicted octanol–water partition coefficient (Wildman–Crippen LogP) is 4.88. The lowest BCUT2D eigenvalue weighted by atomic mass is 9.97. The fourth-order valence-corrected chi connectivity index (χ4v) is 2.77. The summed E-state index contributed by atoms with van der Waals surface area (Å²) < 4.78 is 5.48. The Labute approximate surface area is 152 Å². The summed E-state index contributed by atoms with van der Waals surface area (Å²) in [6.07, 6.45) is 12.8. The van der Waals surface area contributed by atoms with E-state index in [1.54, 1.807) is 10.9 Å². The molecule has 0 bridgehead atoms. The van der Waals surface area contributed by atoms with Crippen LogP contribution in [0, 0.1) is 5.92 Å². The number of nitrogens with zero attached hydrogens (tertiary/aromatic N) is 3. The predicted molar refractivity (Wildman–Crippen MR) is 103 cm³/mol. The number of carbonyl (C=O) groups is 1. The van der Waals surface area contributed by atoms with Gasteiger partial charge in [-0.3, -0.25) is 4.79 Å². The van der Waals surface area contributed by atoms with Crippen LogP contribution in [0.15, 0.2) is 12.7 Å². The fourth-order valence-electron chi connectivity index (χ4n) is 2.77. The number of aryl methyl sites for hydroxylation is 1. The lowest BCUT2D eigenvalue weighted by Crippen LogP contribution is -2.16. The summed E-state index contributed by atoms with van der Waals surface area (Å²) in [4.78, 5) is 13.6. The van der Waals surface area contributed by atoms with E-state index in [0.29, 0.717) is 19.1 Å². The highest BCUT2D eigenvalue weighted by molar-refractivity contribution is 5.69. The van der Waals surface area contributed by atoms with Gasteiger partial charge in [-0.1, -0.05) is 52.2 Å². The van der Waals surface area contributed by atoms with Gasteiger partial charge in [-0.15, -0.1) is 0 Å². The Kier molecular flexibility index (Phi) is 10.5. The zero-order valence-corrected chi connectivity index (χ0v) is 16.0. The first-order valence-corrected chi connectivity index (χ1v) is 9.50. The van der Waals surface area contributed by atoms with Crippen LogP contribution in [-0.4, -0.2) is 27.6 Å². The minimum absolute atomic E-state index is 0.179. The molecule has 0 N–H and O–H groups in total. The summed E-state index contributed by atoms with van der Waals surface area (Å²) in [6, 6.07) is 0. The average Bonchev–Trinajstić information content (AvgIpc) is 3.00. The van der Waals surface area contributed by atoms with Gasteiger partial charge in [0.2, 0.25) is 0 Å². The molecular formula is C20H33N3O2. The summed E-state index contributed by atoms with van der Waals surface area (Å²) in [5.41, 5.74) is 1.50. The smallest absolute Gasteiger partial charge is 0.307 e. The molecule has 0 aliphatic heterocycles. The van der Waals surface area contributed by atoms with E-state index in [9.17, 15) is 4.79 Å². The van der Waals surface area contributed by atoms with Crippen LogP contribution >= 0.6 is 0 Å². The first-order valence-electron chi connectivity index (χ1n) is 9.50.